The van der Waals surface area contributed by atoms with E-state index in [0.717, 1.165) is 12.1 Å². The Morgan fingerprint density at radius 1 is 1.12 bits per heavy atom. The average molecular weight is 448 g/mol. The summed E-state index contributed by atoms with van der Waals surface area (Å²) in [7, 11) is 0. The van der Waals surface area contributed by atoms with Gasteiger partial charge < -0.3 is 14.6 Å². The molecule has 1 aromatic carbocycles. The molecule has 0 saturated carbocycles. The first kappa shape index (κ1) is 21.6. The van der Waals surface area contributed by atoms with Crippen LogP contribution in [0.4, 0.5) is 18.9 Å². The Labute approximate surface area is 180 Å². The first-order valence-corrected chi connectivity index (χ1v) is 9.72. The van der Waals surface area contributed by atoms with Crippen LogP contribution < -0.4 is 5.32 Å². The summed E-state index contributed by atoms with van der Waals surface area (Å²) in [6.07, 6.45) is -0.563. The number of hydrogen-bond donors (Lipinski definition) is 1. The molecule has 1 saturated heterocycles. The molecule has 12 heteroatoms. The van der Waals surface area contributed by atoms with Crippen molar-refractivity contribution in [2.24, 2.45) is 0 Å². The zero-order valence-electron chi connectivity index (χ0n) is 16.7. The fraction of sp³-hybridized carbons (Fsp3) is 0.300. The molecule has 4 rings (SSSR count). The molecule has 0 radical (unpaired) electrons. The molecule has 0 aliphatic carbocycles. The Bertz CT molecular complexity index is 1070. The molecule has 0 spiro atoms. The average Bonchev–Trinajstić information content (AvgIpc) is 3.47. The lowest BCUT2D eigenvalue weighted by Gasteiger charge is -2.33. The molecule has 32 heavy (non-hydrogen) atoms. The van der Waals surface area contributed by atoms with Gasteiger partial charge in [-0.15, -0.1) is 0 Å². The van der Waals surface area contributed by atoms with Gasteiger partial charge in [-0.2, -0.15) is 18.3 Å². The highest BCUT2D eigenvalue weighted by Crippen LogP contribution is 2.33. The number of nitrogens with zero attached hydrogens (tertiary/aromatic N) is 5. The summed E-state index contributed by atoms with van der Waals surface area (Å²) >= 11 is 0. The molecule has 2 amide bonds. The van der Waals surface area contributed by atoms with Gasteiger partial charge in [0.1, 0.15) is 12.7 Å². The number of halogens is 3. The van der Waals surface area contributed by atoms with Crippen molar-refractivity contribution in [2.45, 2.75) is 6.18 Å². The van der Waals surface area contributed by atoms with Gasteiger partial charge in [0, 0.05) is 26.2 Å². The van der Waals surface area contributed by atoms with Crippen LogP contribution in [0.1, 0.15) is 16.1 Å². The molecule has 9 nitrogen and oxygen atoms in total. The third kappa shape index (κ3) is 4.80. The number of nitrogens with one attached hydrogen (secondary N) is 1. The molecular formula is C20H19F3N6O3. The highest BCUT2D eigenvalue weighted by atomic mass is 19.4. The quantitative estimate of drug-likeness (QED) is 0.644. The van der Waals surface area contributed by atoms with Crippen LogP contribution in [0.3, 0.4) is 0 Å². The molecule has 1 N–H and O–H groups in total. The summed E-state index contributed by atoms with van der Waals surface area (Å²) in [5, 5.41) is 6.48. The third-order valence-corrected chi connectivity index (χ3v) is 5.02. The third-order valence-electron chi connectivity index (χ3n) is 5.02. The molecule has 168 valence electrons. The number of furan rings is 1. The molecule has 1 aliphatic heterocycles. The van der Waals surface area contributed by atoms with E-state index in [1.165, 1.54) is 29.7 Å². The zero-order valence-corrected chi connectivity index (χ0v) is 16.7. The van der Waals surface area contributed by atoms with Crippen molar-refractivity contribution in [1.29, 1.82) is 0 Å². The van der Waals surface area contributed by atoms with E-state index in [-0.39, 0.29) is 29.6 Å². The van der Waals surface area contributed by atoms with E-state index in [4.69, 9.17) is 4.42 Å². The van der Waals surface area contributed by atoms with E-state index < -0.39 is 17.6 Å². The van der Waals surface area contributed by atoms with Crippen molar-refractivity contribution in [3.63, 3.8) is 0 Å². The van der Waals surface area contributed by atoms with E-state index in [1.807, 2.05) is 4.90 Å². The van der Waals surface area contributed by atoms with Gasteiger partial charge in [0.05, 0.1) is 29.7 Å². The van der Waals surface area contributed by atoms with Crippen molar-refractivity contribution in [1.82, 2.24) is 24.6 Å². The maximum absolute atomic E-state index is 13.2. The summed E-state index contributed by atoms with van der Waals surface area (Å²) in [6.45, 7) is 1.66. The first-order chi connectivity index (χ1) is 15.3. The number of alkyl halides is 3. The van der Waals surface area contributed by atoms with Crippen LogP contribution in [-0.2, 0) is 11.0 Å². The summed E-state index contributed by atoms with van der Waals surface area (Å²) in [5.74, 6) is -0.446. The van der Waals surface area contributed by atoms with Gasteiger partial charge in [-0.1, -0.05) is 0 Å². The second kappa shape index (κ2) is 8.83. The number of amides is 2. The Balaban J connectivity index is 1.40. The van der Waals surface area contributed by atoms with Crippen LogP contribution in [0.2, 0.25) is 0 Å². The Hall–Kier alpha value is -3.67. The van der Waals surface area contributed by atoms with Crippen molar-refractivity contribution >= 4 is 17.5 Å². The van der Waals surface area contributed by atoms with Gasteiger partial charge >= 0.3 is 6.18 Å². The second-order valence-electron chi connectivity index (χ2n) is 7.16. The van der Waals surface area contributed by atoms with Gasteiger partial charge in [0.15, 0.2) is 5.76 Å². The summed E-state index contributed by atoms with van der Waals surface area (Å²) in [6, 6.07) is 6.24. The van der Waals surface area contributed by atoms with Gasteiger partial charge in [-0.3, -0.25) is 14.5 Å². The SMILES string of the molecule is O=C(CN1CCN(C(=O)c2ccco2)CC1)Nc1cc(C(F)(F)F)ccc1-n1cncn1. The summed E-state index contributed by atoms with van der Waals surface area (Å²) in [5.41, 5.74) is -0.651. The summed E-state index contributed by atoms with van der Waals surface area (Å²) in [4.78, 5) is 32.2. The van der Waals surface area contributed by atoms with Gasteiger partial charge in [0.25, 0.3) is 5.91 Å². The van der Waals surface area contributed by atoms with Crippen molar-refractivity contribution in [3.8, 4) is 5.69 Å². The number of benzene rings is 1. The molecule has 0 bridgehead atoms. The predicted molar refractivity (Wildman–Crippen MR) is 106 cm³/mol. The van der Waals surface area contributed by atoms with E-state index in [2.05, 4.69) is 15.4 Å². The molecule has 0 unspecified atom stereocenters. The maximum Gasteiger partial charge on any atom is 0.416 e. The number of carbonyl (C=O) groups excluding carboxylic acids is 2. The predicted octanol–water partition coefficient (Wildman–Crippen LogP) is 2.28. The number of aromatic nitrogens is 3. The fourth-order valence-corrected chi connectivity index (χ4v) is 3.40. The highest BCUT2D eigenvalue weighted by Gasteiger charge is 2.31. The second-order valence-corrected chi connectivity index (χ2v) is 7.16. The van der Waals surface area contributed by atoms with Gasteiger partial charge in [0.2, 0.25) is 5.91 Å². The van der Waals surface area contributed by atoms with E-state index in [0.29, 0.717) is 26.2 Å². The van der Waals surface area contributed by atoms with Crippen LogP contribution in [0.25, 0.3) is 5.69 Å². The standard InChI is InChI=1S/C20H19F3N6O3/c21-20(22,23)14-3-4-16(29-13-24-12-25-29)15(10-14)26-18(30)11-27-5-7-28(8-6-27)19(31)17-2-1-9-32-17/h1-4,9-10,12-13H,5-8,11H2,(H,26,30). The fourth-order valence-electron chi connectivity index (χ4n) is 3.40. The van der Waals surface area contributed by atoms with Crippen LogP contribution >= 0.6 is 0 Å². The maximum atomic E-state index is 13.2. The number of anilines is 1. The smallest absolute Gasteiger partial charge is 0.416 e. The highest BCUT2D eigenvalue weighted by molar-refractivity contribution is 5.94. The number of rotatable bonds is 5. The minimum atomic E-state index is -4.56. The number of piperazine rings is 1. The number of carbonyl (C=O) groups is 2. The van der Waals surface area contributed by atoms with E-state index in [1.54, 1.807) is 17.0 Å². The van der Waals surface area contributed by atoms with E-state index >= 15 is 0 Å². The topological polar surface area (TPSA) is 96.5 Å². The minimum Gasteiger partial charge on any atom is -0.459 e. The van der Waals surface area contributed by atoms with E-state index in [9.17, 15) is 22.8 Å². The lowest BCUT2D eigenvalue weighted by atomic mass is 10.1. The van der Waals surface area contributed by atoms with Crippen LogP contribution in [0, 0.1) is 0 Å². The van der Waals surface area contributed by atoms with Crippen LogP contribution in [0.15, 0.2) is 53.7 Å². The lowest BCUT2D eigenvalue weighted by molar-refractivity contribution is -0.137. The largest absolute Gasteiger partial charge is 0.459 e. The molecule has 1 fully saturated rings. The van der Waals surface area contributed by atoms with Crippen LogP contribution in [-0.4, -0.2) is 69.1 Å². The summed E-state index contributed by atoms with van der Waals surface area (Å²) < 4.78 is 45.9. The molecule has 2 aromatic heterocycles. The Morgan fingerprint density at radius 2 is 1.91 bits per heavy atom. The van der Waals surface area contributed by atoms with Crippen molar-refractivity contribution < 1.29 is 27.2 Å². The monoisotopic (exact) mass is 448 g/mol. The zero-order chi connectivity index (χ0) is 22.7. The number of hydrogen-bond acceptors (Lipinski definition) is 6. The Morgan fingerprint density at radius 3 is 2.53 bits per heavy atom. The van der Waals surface area contributed by atoms with Gasteiger partial charge in [-0.25, -0.2) is 9.67 Å². The normalized spacial score (nSPS) is 15.0. The van der Waals surface area contributed by atoms with Crippen molar-refractivity contribution in [2.75, 3.05) is 38.0 Å². The molecule has 3 heterocycles. The Kier molecular flexibility index (Phi) is 5.95. The lowest BCUT2D eigenvalue weighted by Crippen LogP contribution is -2.50. The molecule has 0 atom stereocenters. The molecular weight excluding hydrogens is 429 g/mol. The minimum absolute atomic E-state index is 0.0260. The first-order valence-electron chi connectivity index (χ1n) is 9.72. The van der Waals surface area contributed by atoms with Crippen molar-refractivity contribution in [3.05, 3.63) is 60.6 Å². The molecule has 1 aliphatic rings. The van der Waals surface area contributed by atoms with Crippen LogP contribution in [0.5, 0.6) is 0 Å². The molecule has 3 aromatic rings. The van der Waals surface area contributed by atoms with Gasteiger partial charge in [-0.05, 0) is 30.3 Å².